The molecule has 2 aliphatic heterocycles. The van der Waals surface area contributed by atoms with Crippen LogP contribution < -0.4 is 0 Å². The minimum Gasteiger partial charge on any atom is -0.381 e. The van der Waals surface area contributed by atoms with Crippen molar-refractivity contribution in [2.24, 2.45) is 5.92 Å². The zero-order valence-corrected chi connectivity index (χ0v) is 12.9. The molecule has 114 valence electrons. The predicted molar refractivity (Wildman–Crippen MR) is 83.2 cm³/mol. The molecule has 21 heavy (non-hydrogen) atoms. The Hall–Kier alpha value is -1.35. The standard InChI is InChI=1S/C18H25NO2/c1-15-6-5-11-19(14-15)17(20)18(9-12-21-13-10-18)16-7-3-2-4-8-16/h2-4,7-8,15H,5-6,9-14H2,1H3/t15-/m0/s1. The largest absolute Gasteiger partial charge is 0.381 e. The minimum absolute atomic E-state index is 0.323. The van der Waals surface area contributed by atoms with Crippen molar-refractivity contribution in [3.63, 3.8) is 0 Å². The van der Waals surface area contributed by atoms with Crippen LogP contribution >= 0.6 is 0 Å². The van der Waals surface area contributed by atoms with E-state index in [-0.39, 0.29) is 5.41 Å². The molecule has 0 aromatic heterocycles. The molecule has 0 unspecified atom stereocenters. The summed E-state index contributed by atoms with van der Waals surface area (Å²) in [7, 11) is 0. The third kappa shape index (κ3) is 2.84. The average Bonchev–Trinajstić information content (AvgIpc) is 2.55. The average molecular weight is 287 g/mol. The molecule has 0 N–H and O–H groups in total. The topological polar surface area (TPSA) is 29.5 Å². The van der Waals surface area contributed by atoms with Crippen molar-refractivity contribution in [3.05, 3.63) is 35.9 Å². The summed E-state index contributed by atoms with van der Waals surface area (Å²) in [5.41, 5.74) is 0.799. The number of ether oxygens (including phenoxy) is 1. The van der Waals surface area contributed by atoms with E-state index in [1.54, 1.807) is 0 Å². The van der Waals surface area contributed by atoms with Gasteiger partial charge in [-0.2, -0.15) is 0 Å². The lowest BCUT2D eigenvalue weighted by Gasteiger charge is -2.42. The summed E-state index contributed by atoms with van der Waals surface area (Å²) in [6.07, 6.45) is 3.99. The van der Waals surface area contributed by atoms with E-state index in [4.69, 9.17) is 4.74 Å². The fraction of sp³-hybridized carbons (Fsp3) is 0.611. The van der Waals surface area contributed by atoms with E-state index < -0.39 is 0 Å². The van der Waals surface area contributed by atoms with Crippen molar-refractivity contribution >= 4 is 5.91 Å². The number of carbonyl (C=O) groups excluding carboxylic acids is 1. The molecule has 2 heterocycles. The normalized spacial score (nSPS) is 25.6. The molecule has 1 amide bonds. The lowest BCUT2D eigenvalue weighted by Crippen LogP contribution is -2.52. The summed E-state index contributed by atoms with van der Waals surface area (Å²) >= 11 is 0. The molecule has 0 saturated carbocycles. The molecule has 2 fully saturated rings. The van der Waals surface area contributed by atoms with Crippen LogP contribution in [0.4, 0.5) is 0 Å². The van der Waals surface area contributed by atoms with Gasteiger partial charge in [-0.15, -0.1) is 0 Å². The molecule has 0 bridgehead atoms. The highest BCUT2D eigenvalue weighted by molar-refractivity contribution is 5.88. The Morgan fingerprint density at radius 3 is 2.62 bits per heavy atom. The van der Waals surface area contributed by atoms with Crippen LogP contribution in [0.1, 0.15) is 38.2 Å². The number of nitrogens with zero attached hydrogens (tertiary/aromatic N) is 1. The van der Waals surface area contributed by atoms with Crippen molar-refractivity contribution in [2.75, 3.05) is 26.3 Å². The Kier molecular flexibility index (Phi) is 4.29. The zero-order valence-electron chi connectivity index (χ0n) is 12.9. The van der Waals surface area contributed by atoms with E-state index in [1.807, 2.05) is 18.2 Å². The van der Waals surface area contributed by atoms with Crippen LogP contribution in [0.25, 0.3) is 0 Å². The van der Waals surface area contributed by atoms with Gasteiger partial charge in [0.1, 0.15) is 0 Å². The maximum atomic E-state index is 13.3. The lowest BCUT2D eigenvalue weighted by molar-refractivity contribution is -0.143. The highest BCUT2D eigenvalue weighted by atomic mass is 16.5. The Bertz CT molecular complexity index is 479. The van der Waals surface area contributed by atoms with Gasteiger partial charge in [-0.3, -0.25) is 4.79 Å². The van der Waals surface area contributed by atoms with E-state index in [1.165, 1.54) is 6.42 Å². The summed E-state index contributed by atoms with van der Waals surface area (Å²) in [4.78, 5) is 15.4. The number of benzene rings is 1. The molecule has 0 spiro atoms. The number of amides is 1. The summed E-state index contributed by atoms with van der Waals surface area (Å²) < 4.78 is 5.53. The molecule has 3 heteroatoms. The molecule has 2 aliphatic rings. The number of likely N-dealkylation sites (tertiary alicyclic amines) is 1. The Balaban J connectivity index is 1.90. The van der Waals surface area contributed by atoms with Crippen LogP contribution in [-0.4, -0.2) is 37.1 Å². The van der Waals surface area contributed by atoms with Gasteiger partial charge in [0.25, 0.3) is 0 Å². The Labute approximate surface area is 127 Å². The molecule has 0 radical (unpaired) electrons. The van der Waals surface area contributed by atoms with Crippen molar-refractivity contribution in [1.29, 1.82) is 0 Å². The van der Waals surface area contributed by atoms with Crippen LogP contribution in [0.2, 0.25) is 0 Å². The maximum absolute atomic E-state index is 13.3. The van der Waals surface area contributed by atoms with E-state index in [0.29, 0.717) is 25.0 Å². The second-order valence-electron chi connectivity index (χ2n) is 6.56. The Morgan fingerprint density at radius 2 is 1.95 bits per heavy atom. The first-order chi connectivity index (χ1) is 10.2. The summed E-state index contributed by atoms with van der Waals surface area (Å²) in [6.45, 7) is 5.44. The van der Waals surface area contributed by atoms with Crippen molar-refractivity contribution < 1.29 is 9.53 Å². The first-order valence-corrected chi connectivity index (χ1v) is 8.15. The maximum Gasteiger partial charge on any atom is 0.233 e. The molecule has 1 aromatic carbocycles. The van der Waals surface area contributed by atoms with Gasteiger partial charge in [-0.1, -0.05) is 37.3 Å². The van der Waals surface area contributed by atoms with E-state index in [9.17, 15) is 4.79 Å². The van der Waals surface area contributed by atoms with Gasteiger partial charge < -0.3 is 9.64 Å². The van der Waals surface area contributed by atoms with Crippen molar-refractivity contribution in [1.82, 2.24) is 4.90 Å². The Morgan fingerprint density at radius 1 is 1.24 bits per heavy atom. The van der Waals surface area contributed by atoms with Crippen LogP contribution in [0, 0.1) is 5.92 Å². The first kappa shape index (κ1) is 14.6. The van der Waals surface area contributed by atoms with Crippen molar-refractivity contribution in [3.8, 4) is 0 Å². The fourth-order valence-corrected chi connectivity index (χ4v) is 3.78. The second kappa shape index (κ2) is 6.18. The van der Waals surface area contributed by atoms with E-state index in [0.717, 1.165) is 37.9 Å². The molecule has 3 nitrogen and oxygen atoms in total. The van der Waals surface area contributed by atoms with Gasteiger partial charge in [-0.25, -0.2) is 0 Å². The fourth-order valence-electron chi connectivity index (χ4n) is 3.78. The van der Waals surface area contributed by atoms with E-state index >= 15 is 0 Å². The summed E-state index contributed by atoms with van der Waals surface area (Å²) in [5, 5.41) is 0. The van der Waals surface area contributed by atoms with Gasteiger partial charge in [0.05, 0.1) is 5.41 Å². The SMILES string of the molecule is C[C@H]1CCCN(C(=O)C2(c3ccccc3)CCOCC2)C1. The highest BCUT2D eigenvalue weighted by Gasteiger charge is 2.44. The molecule has 3 rings (SSSR count). The summed E-state index contributed by atoms with van der Waals surface area (Å²) in [6, 6.07) is 10.3. The van der Waals surface area contributed by atoms with Crippen LogP contribution in [-0.2, 0) is 14.9 Å². The predicted octanol–water partition coefficient (Wildman–Crippen LogP) is 2.99. The zero-order chi connectivity index (χ0) is 14.7. The van der Waals surface area contributed by atoms with Crippen LogP contribution in [0.5, 0.6) is 0 Å². The molecule has 1 aromatic rings. The number of rotatable bonds is 2. The first-order valence-electron chi connectivity index (χ1n) is 8.15. The number of carbonyl (C=O) groups is 1. The molecular formula is C18H25NO2. The number of hydrogen-bond donors (Lipinski definition) is 0. The van der Waals surface area contributed by atoms with Gasteiger partial charge in [0, 0.05) is 26.3 Å². The van der Waals surface area contributed by atoms with Crippen LogP contribution in [0.3, 0.4) is 0 Å². The summed E-state index contributed by atoms with van der Waals surface area (Å²) in [5.74, 6) is 0.943. The molecule has 0 aliphatic carbocycles. The van der Waals surface area contributed by atoms with Gasteiger partial charge in [-0.05, 0) is 37.2 Å². The quantitative estimate of drug-likeness (QED) is 0.837. The van der Waals surface area contributed by atoms with Crippen molar-refractivity contribution in [2.45, 2.75) is 38.0 Å². The monoisotopic (exact) mass is 287 g/mol. The molecule has 2 saturated heterocycles. The number of piperidine rings is 1. The smallest absolute Gasteiger partial charge is 0.233 e. The lowest BCUT2D eigenvalue weighted by atomic mass is 9.72. The second-order valence-corrected chi connectivity index (χ2v) is 6.56. The third-order valence-electron chi connectivity index (χ3n) is 5.03. The molecular weight excluding hydrogens is 262 g/mol. The van der Waals surface area contributed by atoms with Gasteiger partial charge >= 0.3 is 0 Å². The van der Waals surface area contributed by atoms with Gasteiger partial charge in [0.2, 0.25) is 5.91 Å². The van der Waals surface area contributed by atoms with Gasteiger partial charge in [0.15, 0.2) is 0 Å². The molecule has 1 atom stereocenters. The number of hydrogen-bond acceptors (Lipinski definition) is 2. The van der Waals surface area contributed by atoms with Crippen LogP contribution in [0.15, 0.2) is 30.3 Å². The third-order valence-corrected chi connectivity index (χ3v) is 5.03. The minimum atomic E-state index is -0.365. The van der Waals surface area contributed by atoms with E-state index in [2.05, 4.69) is 24.0 Å². The highest BCUT2D eigenvalue weighted by Crippen LogP contribution is 2.37.